The van der Waals surface area contributed by atoms with E-state index in [2.05, 4.69) is 22.1 Å². The van der Waals surface area contributed by atoms with Crippen molar-refractivity contribution in [3.63, 3.8) is 0 Å². The Bertz CT molecular complexity index is 819. The lowest BCUT2D eigenvalue weighted by molar-refractivity contribution is 0.187. The van der Waals surface area contributed by atoms with Gasteiger partial charge < -0.3 is 19.7 Å². The summed E-state index contributed by atoms with van der Waals surface area (Å²) >= 11 is 0. The Morgan fingerprint density at radius 3 is 2.70 bits per heavy atom. The molecule has 0 radical (unpaired) electrons. The van der Waals surface area contributed by atoms with Crippen molar-refractivity contribution < 1.29 is 14.3 Å². The lowest BCUT2D eigenvalue weighted by Crippen LogP contribution is -2.44. The predicted octanol–water partition coefficient (Wildman–Crippen LogP) is 3.48. The fourth-order valence-corrected chi connectivity index (χ4v) is 3.29. The molecule has 1 fully saturated rings. The highest BCUT2D eigenvalue weighted by Crippen LogP contribution is 2.27. The summed E-state index contributed by atoms with van der Waals surface area (Å²) in [5.74, 6) is 0.631. The second-order valence-corrected chi connectivity index (χ2v) is 6.93. The molecule has 1 aliphatic heterocycles. The summed E-state index contributed by atoms with van der Waals surface area (Å²) in [7, 11) is 4.02. The normalized spacial score (nSPS) is 16.4. The second-order valence-electron chi connectivity index (χ2n) is 6.93. The minimum absolute atomic E-state index is 0.260. The summed E-state index contributed by atoms with van der Waals surface area (Å²) in [6, 6.07) is 9.80. The fraction of sp³-hybridized carbons (Fsp3) is 0.400. The number of pyridine rings is 1. The smallest absolute Gasteiger partial charge is 0.230 e. The number of ether oxygens (including phenoxy) is 1. The van der Waals surface area contributed by atoms with E-state index in [4.69, 9.17) is 4.74 Å². The number of piperidine rings is 1. The van der Waals surface area contributed by atoms with Gasteiger partial charge in [-0.15, -0.1) is 0 Å². The van der Waals surface area contributed by atoms with E-state index >= 15 is 0 Å². The molecular formula is C20H25FN4O2. The third-order valence-corrected chi connectivity index (χ3v) is 4.92. The average molecular weight is 372 g/mol. The van der Waals surface area contributed by atoms with Crippen molar-refractivity contribution in [1.29, 1.82) is 0 Å². The number of likely N-dealkylation sites (tertiary alicyclic amines) is 1. The van der Waals surface area contributed by atoms with E-state index in [1.807, 2.05) is 31.0 Å². The molecule has 3 rings (SSSR count). The monoisotopic (exact) mass is 372 g/mol. The van der Waals surface area contributed by atoms with Gasteiger partial charge in [-0.05, 0) is 64.2 Å². The van der Waals surface area contributed by atoms with Gasteiger partial charge in [0.1, 0.15) is 11.6 Å². The van der Waals surface area contributed by atoms with Gasteiger partial charge in [0.05, 0.1) is 5.56 Å². The largest absolute Gasteiger partial charge is 0.438 e. The molecule has 6 nitrogen and oxygen atoms in total. The predicted molar refractivity (Wildman–Crippen MR) is 102 cm³/mol. The van der Waals surface area contributed by atoms with Crippen molar-refractivity contribution >= 4 is 5.84 Å². The Labute approximate surface area is 158 Å². The van der Waals surface area contributed by atoms with Crippen molar-refractivity contribution in [2.75, 3.05) is 27.2 Å². The van der Waals surface area contributed by atoms with Gasteiger partial charge in [0, 0.05) is 24.8 Å². The zero-order valence-corrected chi connectivity index (χ0v) is 15.9. The van der Waals surface area contributed by atoms with Gasteiger partial charge in [0.2, 0.25) is 5.88 Å². The Balaban J connectivity index is 1.89. The molecular weight excluding hydrogens is 347 g/mol. The molecule has 0 saturated carbocycles. The summed E-state index contributed by atoms with van der Waals surface area (Å²) in [6.07, 6.45) is 1.96. The quantitative estimate of drug-likeness (QED) is 0.385. The van der Waals surface area contributed by atoms with E-state index in [-0.39, 0.29) is 17.7 Å². The summed E-state index contributed by atoms with van der Waals surface area (Å²) in [6.45, 7) is 3.83. The lowest BCUT2D eigenvalue weighted by atomic mass is 10.0. The molecule has 1 aromatic heterocycles. The molecule has 1 aromatic carbocycles. The highest BCUT2D eigenvalue weighted by molar-refractivity contribution is 6.00. The number of rotatable bonds is 4. The van der Waals surface area contributed by atoms with Gasteiger partial charge in [-0.3, -0.25) is 0 Å². The van der Waals surface area contributed by atoms with E-state index in [9.17, 15) is 9.60 Å². The molecule has 0 aliphatic carbocycles. The van der Waals surface area contributed by atoms with Gasteiger partial charge in [-0.2, -0.15) is 0 Å². The number of amidine groups is 1. The summed E-state index contributed by atoms with van der Waals surface area (Å²) < 4.78 is 19.3. The third-order valence-electron chi connectivity index (χ3n) is 4.92. The molecule has 0 unspecified atom stereocenters. The maximum atomic E-state index is 13.5. The van der Waals surface area contributed by atoms with E-state index in [1.165, 1.54) is 12.1 Å². The molecule has 0 atom stereocenters. The molecule has 0 bridgehead atoms. The lowest BCUT2D eigenvalue weighted by Gasteiger charge is -2.36. The number of benzene rings is 1. The van der Waals surface area contributed by atoms with Crippen LogP contribution in [0.15, 0.2) is 41.6 Å². The average Bonchev–Trinajstić information content (AvgIpc) is 2.64. The minimum Gasteiger partial charge on any atom is -0.438 e. The van der Waals surface area contributed by atoms with E-state index in [1.54, 1.807) is 12.1 Å². The van der Waals surface area contributed by atoms with Gasteiger partial charge in [0.15, 0.2) is 5.84 Å². The minimum atomic E-state index is -0.388. The maximum absolute atomic E-state index is 13.5. The number of nitrogens with zero attached hydrogens (tertiary/aromatic N) is 4. The molecule has 2 aromatic rings. The van der Waals surface area contributed by atoms with Crippen LogP contribution >= 0.6 is 0 Å². The molecule has 1 N–H and O–H groups in total. The van der Waals surface area contributed by atoms with Crippen molar-refractivity contribution in [3.05, 3.63) is 53.5 Å². The second kappa shape index (κ2) is 8.35. The Kier molecular flexibility index (Phi) is 5.91. The topological polar surface area (TPSA) is 61.2 Å². The Morgan fingerprint density at radius 2 is 2.04 bits per heavy atom. The van der Waals surface area contributed by atoms with Crippen LogP contribution in [0, 0.1) is 12.7 Å². The molecule has 144 valence electrons. The first kappa shape index (κ1) is 19.1. The summed E-state index contributed by atoms with van der Waals surface area (Å²) in [5, 5.41) is 13.3. The third kappa shape index (κ3) is 4.54. The molecule has 1 saturated heterocycles. The highest BCUT2D eigenvalue weighted by atomic mass is 19.1. The molecule has 7 heteroatoms. The number of hydrogen-bond donors (Lipinski definition) is 1. The van der Waals surface area contributed by atoms with Crippen molar-refractivity contribution in [2.45, 2.75) is 25.8 Å². The number of hydrogen-bond acceptors (Lipinski definition) is 5. The molecule has 0 amide bonds. The van der Waals surface area contributed by atoms with Crippen molar-refractivity contribution in [2.24, 2.45) is 5.16 Å². The van der Waals surface area contributed by atoms with E-state index in [0.29, 0.717) is 17.1 Å². The number of aryl methyl sites for hydroxylation is 1. The fourth-order valence-electron chi connectivity index (χ4n) is 3.29. The van der Waals surface area contributed by atoms with Crippen LogP contribution < -0.4 is 4.74 Å². The molecule has 2 heterocycles. The van der Waals surface area contributed by atoms with Crippen LogP contribution in [0.4, 0.5) is 4.39 Å². The Morgan fingerprint density at radius 1 is 1.30 bits per heavy atom. The van der Waals surface area contributed by atoms with Crippen LogP contribution in [0.25, 0.3) is 0 Å². The summed E-state index contributed by atoms with van der Waals surface area (Å²) in [4.78, 5) is 8.69. The van der Waals surface area contributed by atoms with Gasteiger partial charge in [0.25, 0.3) is 0 Å². The first-order chi connectivity index (χ1) is 13.0. The van der Waals surface area contributed by atoms with Crippen LogP contribution in [0.3, 0.4) is 0 Å². The van der Waals surface area contributed by atoms with Gasteiger partial charge in [-0.25, -0.2) is 9.37 Å². The zero-order chi connectivity index (χ0) is 19.4. The van der Waals surface area contributed by atoms with Crippen LogP contribution in [-0.2, 0) is 0 Å². The highest BCUT2D eigenvalue weighted by Gasteiger charge is 2.26. The summed E-state index contributed by atoms with van der Waals surface area (Å²) in [5.41, 5.74) is 1.32. The first-order valence-corrected chi connectivity index (χ1v) is 9.03. The van der Waals surface area contributed by atoms with Crippen molar-refractivity contribution in [3.8, 4) is 11.6 Å². The van der Waals surface area contributed by atoms with Crippen molar-refractivity contribution in [1.82, 2.24) is 14.8 Å². The molecule has 0 spiro atoms. The number of halogens is 1. The standard InChI is InChI=1S/C20H25FN4O2/c1-14-7-8-18(20(22-14)27-17-6-4-5-15(21)13-17)19(23-26)25(3)16-9-11-24(2)12-10-16/h4-8,13,16,26H,9-12H2,1-3H3/b23-19-. The van der Waals surface area contributed by atoms with Crippen LogP contribution in [-0.4, -0.2) is 59.1 Å². The van der Waals surface area contributed by atoms with Crippen LogP contribution in [0.1, 0.15) is 24.1 Å². The van der Waals surface area contributed by atoms with Crippen LogP contribution in [0.5, 0.6) is 11.6 Å². The molecule has 27 heavy (non-hydrogen) atoms. The zero-order valence-electron chi connectivity index (χ0n) is 15.9. The van der Waals surface area contributed by atoms with E-state index < -0.39 is 0 Å². The first-order valence-electron chi connectivity index (χ1n) is 9.03. The van der Waals surface area contributed by atoms with Gasteiger partial charge in [-0.1, -0.05) is 11.2 Å². The van der Waals surface area contributed by atoms with E-state index in [0.717, 1.165) is 31.6 Å². The molecule has 1 aliphatic rings. The number of aromatic nitrogens is 1. The SMILES string of the molecule is Cc1ccc(/C(=N/O)N(C)C2CCN(C)CC2)c(Oc2cccc(F)c2)n1. The number of oxime groups is 1. The van der Waals surface area contributed by atoms with Gasteiger partial charge >= 0.3 is 0 Å². The van der Waals surface area contributed by atoms with Crippen LogP contribution in [0.2, 0.25) is 0 Å². The maximum Gasteiger partial charge on any atom is 0.230 e. The Hall–Kier alpha value is -2.67.